The Bertz CT molecular complexity index is 556. The van der Waals surface area contributed by atoms with Crippen LogP contribution >= 0.6 is 0 Å². The molecule has 3 N–H and O–H groups in total. The summed E-state index contributed by atoms with van der Waals surface area (Å²) < 4.78 is 0. The van der Waals surface area contributed by atoms with Crippen molar-refractivity contribution >= 4 is 5.78 Å². The topological polar surface area (TPSA) is 77.8 Å². The first-order valence-corrected chi connectivity index (χ1v) is 9.32. The van der Waals surface area contributed by atoms with Crippen LogP contribution in [0, 0.1) is 28.1 Å². The molecule has 3 rings (SSSR count). The normalized spacial score (nSPS) is 46.8. The second-order valence-electron chi connectivity index (χ2n) is 9.32. The highest BCUT2D eigenvalue weighted by Gasteiger charge is 2.58. The van der Waals surface area contributed by atoms with E-state index in [-0.39, 0.29) is 35.2 Å². The lowest BCUT2D eigenvalue weighted by Crippen LogP contribution is -2.55. The SMILES string of the molecule is C[C@@]1(CO)CC(=O)C[C@@]2(C)[C@@H]3CC[C@](C)([C@H](O)CO)C=C3CC[C@H]12. The van der Waals surface area contributed by atoms with E-state index in [0.717, 1.165) is 25.7 Å². The number of carbonyl (C=O) groups excluding carboxylic acids is 1. The zero-order chi connectivity index (χ0) is 17.8. The highest BCUT2D eigenvalue weighted by molar-refractivity contribution is 5.81. The number of Topliss-reactive ketones (excluding diaryl/α,β-unsaturated/α-hetero) is 1. The quantitative estimate of drug-likeness (QED) is 0.692. The number of hydrogen-bond acceptors (Lipinski definition) is 4. The molecule has 6 atom stereocenters. The van der Waals surface area contributed by atoms with Crippen molar-refractivity contribution in [3.8, 4) is 0 Å². The van der Waals surface area contributed by atoms with Crippen LogP contribution in [0.4, 0.5) is 0 Å². The number of aliphatic hydroxyl groups is 3. The van der Waals surface area contributed by atoms with Gasteiger partial charge in [0.25, 0.3) is 0 Å². The molecule has 0 unspecified atom stereocenters. The van der Waals surface area contributed by atoms with E-state index in [0.29, 0.717) is 24.7 Å². The molecule has 2 saturated carbocycles. The minimum atomic E-state index is -0.729. The fourth-order valence-electron chi connectivity index (χ4n) is 6.21. The average molecular weight is 336 g/mol. The molecule has 0 spiro atoms. The molecule has 0 bridgehead atoms. The van der Waals surface area contributed by atoms with Gasteiger partial charge in [0.05, 0.1) is 12.7 Å². The number of rotatable bonds is 3. The number of ketones is 1. The second kappa shape index (κ2) is 5.93. The van der Waals surface area contributed by atoms with Crippen LogP contribution in [0.2, 0.25) is 0 Å². The predicted molar refractivity (Wildman–Crippen MR) is 92.3 cm³/mol. The van der Waals surface area contributed by atoms with Crippen molar-refractivity contribution in [1.29, 1.82) is 0 Å². The molecule has 0 saturated heterocycles. The third-order valence-corrected chi connectivity index (χ3v) is 7.56. The summed E-state index contributed by atoms with van der Waals surface area (Å²) in [6.45, 7) is 6.20. The Morgan fingerprint density at radius 1 is 1.21 bits per heavy atom. The molecule has 0 aromatic heterocycles. The van der Waals surface area contributed by atoms with Gasteiger partial charge in [-0.2, -0.15) is 0 Å². The molecule has 2 fully saturated rings. The Labute approximate surface area is 145 Å². The van der Waals surface area contributed by atoms with Crippen LogP contribution in [-0.4, -0.2) is 40.4 Å². The molecule has 0 amide bonds. The van der Waals surface area contributed by atoms with Crippen LogP contribution in [0.1, 0.15) is 59.3 Å². The van der Waals surface area contributed by atoms with E-state index in [2.05, 4.69) is 19.9 Å². The number of carbonyl (C=O) groups is 1. The van der Waals surface area contributed by atoms with Crippen molar-refractivity contribution in [2.45, 2.75) is 65.4 Å². The monoisotopic (exact) mass is 336 g/mol. The Kier molecular flexibility index (Phi) is 4.47. The first kappa shape index (κ1) is 18.1. The van der Waals surface area contributed by atoms with Crippen molar-refractivity contribution in [3.05, 3.63) is 11.6 Å². The van der Waals surface area contributed by atoms with Gasteiger partial charge >= 0.3 is 0 Å². The van der Waals surface area contributed by atoms with Crippen LogP contribution in [0.25, 0.3) is 0 Å². The standard InChI is InChI=1S/C20H32O4/c1-18(17(24)11-21)7-6-15-13(8-18)4-5-16-19(2,12-22)9-14(23)10-20(15,16)3/h8,15-17,21-22,24H,4-7,9-12H2,1-3H3/t15-,16-,17-,18+,19+,20+/m1/s1. The van der Waals surface area contributed by atoms with E-state index >= 15 is 0 Å². The van der Waals surface area contributed by atoms with Gasteiger partial charge in [-0.25, -0.2) is 0 Å². The van der Waals surface area contributed by atoms with Gasteiger partial charge in [-0.3, -0.25) is 4.79 Å². The highest BCUT2D eigenvalue weighted by Crippen LogP contribution is 2.63. The molecular weight excluding hydrogens is 304 g/mol. The summed E-state index contributed by atoms with van der Waals surface area (Å²) >= 11 is 0. The first-order chi connectivity index (χ1) is 11.2. The summed E-state index contributed by atoms with van der Waals surface area (Å²) in [7, 11) is 0. The fraction of sp³-hybridized carbons (Fsp3) is 0.850. The van der Waals surface area contributed by atoms with E-state index in [9.17, 15) is 20.1 Å². The average Bonchev–Trinajstić information content (AvgIpc) is 2.52. The molecule has 0 aromatic carbocycles. The van der Waals surface area contributed by atoms with E-state index in [1.54, 1.807) is 0 Å². The van der Waals surface area contributed by atoms with Gasteiger partial charge < -0.3 is 15.3 Å². The highest BCUT2D eigenvalue weighted by atomic mass is 16.3. The summed E-state index contributed by atoms with van der Waals surface area (Å²) in [6.07, 6.45) is 6.31. The van der Waals surface area contributed by atoms with Crippen LogP contribution in [0.5, 0.6) is 0 Å². The summed E-state index contributed by atoms with van der Waals surface area (Å²) in [5, 5.41) is 29.6. The summed E-state index contributed by atoms with van der Waals surface area (Å²) in [5.41, 5.74) is 0.580. The zero-order valence-electron chi connectivity index (χ0n) is 15.2. The molecule has 0 radical (unpaired) electrons. The lowest BCUT2D eigenvalue weighted by atomic mass is 9.45. The molecule has 136 valence electrons. The molecule has 0 aliphatic heterocycles. The molecule has 0 heterocycles. The van der Waals surface area contributed by atoms with Crippen LogP contribution in [0.3, 0.4) is 0 Å². The number of allylic oxidation sites excluding steroid dienone is 1. The van der Waals surface area contributed by atoms with Gasteiger partial charge in [0.2, 0.25) is 0 Å². The van der Waals surface area contributed by atoms with Gasteiger partial charge in [0.1, 0.15) is 5.78 Å². The predicted octanol–water partition coefficient (Wildman–Crippen LogP) is 2.46. The largest absolute Gasteiger partial charge is 0.396 e. The third-order valence-electron chi connectivity index (χ3n) is 7.56. The van der Waals surface area contributed by atoms with Gasteiger partial charge in [0.15, 0.2) is 0 Å². The Balaban J connectivity index is 1.97. The molecule has 3 aliphatic carbocycles. The third kappa shape index (κ3) is 2.58. The summed E-state index contributed by atoms with van der Waals surface area (Å²) in [4.78, 5) is 12.5. The van der Waals surface area contributed by atoms with Crippen molar-refractivity contribution in [1.82, 2.24) is 0 Å². The lowest BCUT2D eigenvalue weighted by Gasteiger charge is -2.59. The van der Waals surface area contributed by atoms with E-state index in [1.807, 2.05) is 6.92 Å². The van der Waals surface area contributed by atoms with Gasteiger partial charge in [-0.15, -0.1) is 0 Å². The van der Waals surface area contributed by atoms with E-state index in [4.69, 9.17) is 0 Å². The maximum atomic E-state index is 12.5. The van der Waals surface area contributed by atoms with Crippen LogP contribution in [-0.2, 0) is 4.79 Å². The Morgan fingerprint density at radius 2 is 1.92 bits per heavy atom. The van der Waals surface area contributed by atoms with Crippen molar-refractivity contribution < 1.29 is 20.1 Å². The van der Waals surface area contributed by atoms with Crippen LogP contribution in [0.15, 0.2) is 11.6 Å². The fourth-order valence-corrected chi connectivity index (χ4v) is 6.21. The smallest absolute Gasteiger partial charge is 0.134 e. The van der Waals surface area contributed by atoms with Crippen molar-refractivity contribution in [2.24, 2.45) is 28.1 Å². The van der Waals surface area contributed by atoms with Crippen molar-refractivity contribution in [3.63, 3.8) is 0 Å². The minimum Gasteiger partial charge on any atom is -0.396 e. The van der Waals surface area contributed by atoms with Gasteiger partial charge in [-0.1, -0.05) is 32.4 Å². The maximum Gasteiger partial charge on any atom is 0.134 e. The molecule has 3 aliphatic rings. The second-order valence-corrected chi connectivity index (χ2v) is 9.32. The van der Waals surface area contributed by atoms with Gasteiger partial charge in [-0.05, 0) is 42.9 Å². The molecule has 0 aromatic rings. The van der Waals surface area contributed by atoms with E-state index < -0.39 is 6.10 Å². The Morgan fingerprint density at radius 3 is 2.54 bits per heavy atom. The van der Waals surface area contributed by atoms with E-state index in [1.165, 1.54) is 5.57 Å². The molecule has 24 heavy (non-hydrogen) atoms. The first-order valence-electron chi connectivity index (χ1n) is 9.32. The Hall–Kier alpha value is -0.710. The summed E-state index contributed by atoms with van der Waals surface area (Å²) in [5.74, 6) is 0.989. The number of hydrogen-bond donors (Lipinski definition) is 3. The summed E-state index contributed by atoms with van der Waals surface area (Å²) in [6, 6.07) is 0. The van der Waals surface area contributed by atoms with Gasteiger partial charge in [0, 0.05) is 30.3 Å². The van der Waals surface area contributed by atoms with Crippen LogP contribution < -0.4 is 0 Å². The van der Waals surface area contributed by atoms with Crippen molar-refractivity contribution in [2.75, 3.05) is 13.2 Å². The number of fused-ring (bicyclic) bond motifs is 3. The molecule has 4 nitrogen and oxygen atoms in total. The lowest BCUT2D eigenvalue weighted by molar-refractivity contribution is -0.145. The molecule has 4 heteroatoms. The zero-order valence-corrected chi connectivity index (χ0v) is 15.2. The molecular formula is C20H32O4. The number of aliphatic hydroxyl groups excluding tert-OH is 3. The maximum absolute atomic E-state index is 12.5. The minimum absolute atomic E-state index is 0.0751.